The molecule has 1 atom stereocenters. The zero-order chi connectivity index (χ0) is 17.9. The molecule has 2 aliphatic heterocycles. The first kappa shape index (κ1) is 16.3. The highest BCUT2D eigenvalue weighted by Crippen LogP contribution is 2.33. The Morgan fingerprint density at radius 3 is 2.81 bits per heavy atom. The van der Waals surface area contributed by atoms with Crippen LogP contribution in [0.4, 0.5) is 5.69 Å². The van der Waals surface area contributed by atoms with E-state index >= 15 is 0 Å². The predicted octanol–water partition coefficient (Wildman–Crippen LogP) is 2.60. The second-order valence-corrected chi connectivity index (χ2v) is 5.88. The third-order valence-electron chi connectivity index (χ3n) is 4.19. The van der Waals surface area contributed by atoms with Crippen molar-refractivity contribution in [3.05, 3.63) is 48.0 Å². The molecule has 0 saturated heterocycles. The molecule has 0 aromatic heterocycles. The van der Waals surface area contributed by atoms with Gasteiger partial charge in [-0.15, -0.1) is 0 Å². The number of methoxy groups -OCH3 is 1. The Morgan fingerprint density at radius 1 is 1.15 bits per heavy atom. The van der Waals surface area contributed by atoms with Crippen LogP contribution < -0.4 is 19.5 Å². The number of carbonyl (C=O) groups excluding carboxylic acids is 1. The number of nitrogens with one attached hydrogen (secondary N) is 1. The van der Waals surface area contributed by atoms with Gasteiger partial charge in [-0.3, -0.25) is 4.79 Å². The second-order valence-electron chi connectivity index (χ2n) is 5.88. The van der Waals surface area contributed by atoms with Gasteiger partial charge in [0.05, 0.1) is 12.8 Å². The third-order valence-corrected chi connectivity index (χ3v) is 4.19. The van der Waals surface area contributed by atoms with Gasteiger partial charge in [0.2, 0.25) is 6.10 Å². The first-order chi connectivity index (χ1) is 12.7. The van der Waals surface area contributed by atoms with E-state index in [1.54, 1.807) is 25.3 Å². The minimum absolute atomic E-state index is 0.268. The zero-order valence-electron chi connectivity index (χ0n) is 14.2. The SMILES string of the molecule is COc1ccccc1C1=NOC(C(=O)Nc2ccc3c(c2)OCCO3)C1. The van der Waals surface area contributed by atoms with E-state index in [1.165, 1.54) is 0 Å². The molecule has 2 aliphatic rings. The average molecular weight is 354 g/mol. The van der Waals surface area contributed by atoms with E-state index in [0.29, 0.717) is 48.3 Å². The molecule has 0 spiro atoms. The lowest BCUT2D eigenvalue weighted by Crippen LogP contribution is -2.28. The van der Waals surface area contributed by atoms with Crippen molar-refractivity contribution in [2.45, 2.75) is 12.5 Å². The monoisotopic (exact) mass is 354 g/mol. The number of carbonyl (C=O) groups is 1. The van der Waals surface area contributed by atoms with Crippen LogP contribution in [0.2, 0.25) is 0 Å². The summed E-state index contributed by atoms with van der Waals surface area (Å²) in [5.41, 5.74) is 2.13. The van der Waals surface area contributed by atoms with Crippen LogP contribution >= 0.6 is 0 Å². The van der Waals surface area contributed by atoms with E-state index in [1.807, 2.05) is 24.3 Å². The Balaban J connectivity index is 1.43. The molecule has 7 heteroatoms. The first-order valence-electron chi connectivity index (χ1n) is 8.31. The molecule has 2 heterocycles. The Labute approximate surface area is 150 Å². The number of rotatable bonds is 4. The topological polar surface area (TPSA) is 78.4 Å². The molecule has 0 radical (unpaired) electrons. The maximum Gasteiger partial charge on any atom is 0.268 e. The van der Waals surface area contributed by atoms with Crippen LogP contribution in [-0.4, -0.2) is 38.0 Å². The molecule has 1 N–H and O–H groups in total. The van der Waals surface area contributed by atoms with Gasteiger partial charge in [0, 0.05) is 23.7 Å². The fourth-order valence-corrected chi connectivity index (χ4v) is 2.90. The zero-order valence-corrected chi connectivity index (χ0v) is 14.2. The molecule has 1 unspecified atom stereocenters. The summed E-state index contributed by atoms with van der Waals surface area (Å²) in [7, 11) is 1.60. The van der Waals surface area contributed by atoms with Crippen molar-refractivity contribution >= 4 is 17.3 Å². The molecule has 0 saturated carbocycles. The minimum Gasteiger partial charge on any atom is -0.496 e. The van der Waals surface area contributed by atoms with Gasteiger partial charge in [-0.2, -0.15) is 0 Å². The molecule has 1 amide bonds. The molecule has 0 fully saturated rings. The summed E-state index contributed by atoms with van der Waals surface area (Å²) in [4.78, 5) is 17.8. The summed E-state index contributed by atoms with van der Waals surface area (Å²) in [5, 5.41) is 6.89. The van der Waals surface area contributed by atoms with Gasteiger partial charge in [0.15, 0.2) is 11.5 Å². The number of fused-ring (bicyclic) bond motifs is 1. The van der Waals surface area contributed by atoms with Gasteiger partial charge in [-0.1, -0.05) is 17.3 Å². The van der Waals surface area contributed by atoms with Gasteiger partial charge in [-0.25, -0.2) is 0 Å². The summed E-state index contributed by atoms with van der Waals surface area (Å²) in [6.07, 6.45) is -0.320. The maximum atomic E-state index is 12.5. The van der Waals surface area contributed by atoms with E-state index in [2.05, 4.69) is 10.5 Å². The number of hydrogen-bond donors (Lipinski definition) is 1. The summed E-state index contributed by atoms with van der Waals surface area (Å²) in [5.74, 6) is 1.72. The Bertz CT molecular complexity index is 865. The quantitative estimate of drug-likeness (QED) is 0.913. The van der Waals surface area contributed by atoms with Crippen LogP contribution in [-0.2, 0) is 9.63 Å². The lowest BCUT2D eigenvalue weighted by atomic mass is 10.0. The van der Waals surface area contributed by atoms with E-state index in [9.17, 15) is 4.79 Å². The van der Waals surface area contributed by atoms with Gasteiger partial charge in [-0.05, 0) is 24.3 Å². The smallest absolute Gasteiger partial charge is 0.268 e. The number of para-hydroxylation sites is 1. The number of nitrogens with zero attached hydrogens (tertiary/aromatic N) is 1. The molecule has 0 bridgehead atoms. The molecule has 26 heavy (non-hydrogen) atoms. The van der Waals surface area contributed by atoms with Crippen molar-refractivity contribution in [3.8, 4) is 17.2 Å². The van der Waals surface area contributed by atoms with Crippen LogP contribution in [0.3, 0.4) is 0 Å². The van der Waals surface area contributed by atoms with Crippen LogP contribution in [0, 0.1) is 0 Å². The molecular weight excluding hydrogens is 336 g/mol. The molecule has 4 rings (SSSR count). The predicted molar refractivity (Wildman–Crippen MR) is 95.1 cm³/mol. The average Bonchev–Trinajstić information content (AvgIpc) is 3.18. The highest BCUT2D eigenvalue weighted by Gasteiger charge is 2.30. The van der Waals surface area contributed by atoms with E-state index in [4.69, 9.17) is 19.0 Å². The third kappa shape index (κ3) is 3.15. The molecule has 2 aromatic carbocycles. The number of hydrogen-bond acceptors (Lipinski definition) is 6. The van der Waals surface area contributed by atoms with Gasteiger partial charge >= 0.3 is 0 Å². The maximum absolute atomic E-state index is 12.5. The standard InChI is InChI=1S/C19H18N2O5/c1-23-15-5-3-2-4-13(15)14-11-18(26-21-14)19(22)20-12-6-7-16-17(10-12)25-9-8-24-16/h2-7,10,18H,8-9,11H2,1H3,(H,20,22). The molecule has 7 nitrogen and oxygen atoms in total. The van der Waals surface area contributed by atoms with Crippen molar-refractivity contribution in [1.82, 2.24) is 0 Å². The first-order valence-corrected chi connectivity index (χ1v) is 8.31. The number of oxime groups is 1. The van der Waals surface area contributed by atoms with Crippen LogP contribution in [0.15, 0.2) is 47.6 Å². The van der Waals surface area contributed by atoms with Gasteiger partial charge in [0.25, 0.3) is 5.91 Å². The number of ether oxygens (including phenoxy) is 3. The Hall–Kier alpha value is -3.22. The van der Waals surface area contributed by atoms with E-state index in [-0.39, 0.29) is 5.91 Å². The van der Waals surface area contributed by atoms with Crippen LogP contribution in [0.5, 0.6) is 17.2 Å². The summed E-state index contributed by atoms with van der Waals surface area (Å²) in [6, 6.07) is 12.8. The van der Waals surface area contributed by atoms with Gasteiger partial charge in [0.1, 0.15) is 19.0 Å². The highest BCUT2D eigenvalue weighted by atomic mass is 16.6. The van der Waals surface area contributed by atoms with Crippen molar-refractivity contribution in [3.63, 3.8) is 0 Å². The Kier molecular flexibility index (Phi) is 4.35. The van der Waals surface area contributed by atoms with Gasteiger partial charge < -0.3 is 24.4 Å². The van der Waals surface area contributed by atoms with E-state index in [0.717, 1.165) is 5.56 Å². The number of amides is 1. The fraction of sp³-hybridized carbons (Fsp3) is 0.263. The highest BCUT2D eigenvalue weighted by molar-refractivity contribution is 6.07. The number of anilines is 1. The van der Waals surface area contributed by atoms with Crippen LogP contribution in [0.25, 0.3) is 0 Å². The lowest BCUT2D eigenvalue weighted by molar-refractivity contribution is -0.125. The lowest BCUT2D eigenvalue weighted by Gasteiger charge is -2.19. The van der Waals surface area contributed by atoms with E-state index < -0.39 is 6.10 Å². The minimum atomic E-state index is -0.692. The molecule has 0 aliphatic carbocycles. The number of benzene rings is 2. The molecule has 2 aromatic rings. The summed E-state index contributed by atoms with van der Waals surface area (Å²) >= 11 is 0. The normalized spacial score (nSPS) is 17.9. The van der Waals surface area contributed by atoms with Crippen molar-refractivity contribution in [1.29, 1.82) is 0 Å². The van der Waals surface area contributed by atoms with Crippen molar-refractivity contribution in [2.24, 2.45) is 5.16 Å². The van der Waals surface area contributed by atoms with Crippen molar-refractivity contribution < 1.29 is 23.8 Å². The Morgan fingerprint density at radius 2 is 1.96 bits per heavy atom. The second kappa shape index (κ2) is 6.95. The largest absolute Gasteiger partial charge is 0.496 e. The molecular formula is C19H18N2O5. The summed E-state index contributed by atoms with van der Waals surface area (Å²) in [6.45, 7) is 1.02. The fourth-order valence-electron chi connectivity index (χ4n) is 2.90. The van der Waals surface area contributed by atoms with Crippen molar-refractivity contribution in [2.75, 3.05) is 25.6 Å². The summed E-state index contributed by atoms with van der Waals surface area (Å²) < 4.78 is 16.3. The molecule has 134 valence electrons. The van der Waals surface area contributed by atoms with Crippen LogP contribution in [0.1, 0.15) is 12.0 Å².